The van der Waals surface area contributed by atoms with Crippen molar-refractivity contribution in [2.75, 3.05) is 41.9 Å². The predicted octanol–water partition coefficient (Wildman–Crippen LogP) is 3.69. The van der Waals surface area contributed by atoms with E-state index < -0.39 is 0 Å². The molecule has 0 unspecified atom stereocenters. The van der Waals surface area contributed by atoms with Gasteiger partial charge in [0, 0.05) is 23.8 Å². The van der Waals surface area contributed by atoms with Crippen LogP contribution in [0.5, 0.6) is 0 Å². The van der Waals surface area contributed by atoms with E-state index in [4.69, 9.17) is 16.3 Å². The Bertz CT molecular complexity index is 1010. The molecule has 1 aliphatic rings. The number of benzene rings is 2. The average Bonchev–Trinajstić information content (AvgIpc) is 2.77. The number of aromatic nitrogens is 3. The molecule has 154 valence electrons. The highest BCUT2D eigenvalue weighted by atomic mass is 35.5. The van der Waals surface area contributed by atoms with Gasteiger partial charge in [-0.15, -0.1) is 0 Å². The molecular weight excluding hydrogens is 409 g/mol. The molecule has 1 aliphatic heterocycles. The standard InChI is InChI=1S/C20H19ClFN7O/c21-15-3-7-17(8-4-15)24-18-25-19(27-20(26-18)29-9-11-30-12-10-29)28-23-13-14-1-5-16(22)6-2-14/h1-8,13H,9-12H2,(H2,24,25,26,27,28). The zero-order chi connectivity index (χ0) is 20.8. The Balaban J connectivity index is 1.55. The monoisotopic (exact) mass is 427 g/mol. The molecule has 10 heteroatoms. The quantitative estimate of drug-likeness (QED) is 0.458. The van der Waals surface area contributed by atoms with Crippen molar-refractivity contribution in [2.45, 2.75) is 0 Å². The Labute approximate surface area is 177 Å². The van der Waals surface area contributed by atoms with Crippen LogP contribution in [0.2, 0.25) is 5.02 Å². The Morgan fingerprint density at radius 1 is 0.967 bits per heavy atom. The number of halogens is 2. The first-order chi connectivity index (χ1) is 14.7. The summed E-state index contributed by atoms with van der Waals surface area (Å²) in [5.41, 5.74) is 4.35. The van der Waals surface area contributed by atoms with Gasteiger partial charge in [0.1, 0.15) is 5.82 Å². The summed E-state index contributed by atoms with van der Waals surface area (Å²) in [4.78, 5) is 15.4. The van der Waals surface area contributed by atoms with E-state index in [1.54, 1.807) is 30.5 Å². The normalized spacial score (nSPS) is 14.1. The van der Waals surface area contributed by atoms with E-state index in [-0.39, 0.29) is 11.8 Å². The van der Waals surface area contributed by atoms with Gasteiger partial charge in [0.05, 0.1) is 19.4 Å². The Hall–Kier alpha value is -3.30. The van der Waals surface area contributed by atoms with Crippen LogP contribution in [0.4, 0.5) is 27.9 Å². The maximum atomic E-state index is 13.0. The molecule has 0 atom stereocenters. The van der Waals surface area contributed by atoms with Gasteiger partial charge >= 0.3 is 0 Å². The summed E-state index contributed by atoms with van der Waals surface area (Å²) in [7, 11) is 0. The Morgan fingerprint density at radius 2 is 1.67 bits per heavy atom. The molecule has 0 bridgehead atoms. The van der Waals surface area contributed by atoms with E-state index in [1.165, 1.54) is 12.1 Å². The molecule has 1 aromatic heterocycles. The molecule has 0 spiro atoms. The van der Waals surface area contributed by atoms with Crippen LogP contribution in [0.25, 0.3) is 0 Å². The second kappa shape index (κ2) is 9.47. The van der Waals surface area contributed by atoms with Crippen molar-refractivity contribution in [3.63, 3.8) is 0 Å². The molecule has 8 nitrogen and oxygen atoms in total. The molecule has 0 amide bonds. The van der Waals surface area contributed by atoms with Crippen molar-refractivity contribution < 1.29 is 9.13 Å². The molecule has 0 aliphatic carbocycles. The Kier molecular flexibility index (Phi) is 6.31. The predicted molar refractivity (Wildman–Crippen MR) is 115 cm³/mol. The first kappa shape index (κ1) is 20.0. The number of hydrogen-bond donors (Lipinski definition) is 2. The fourth-order valence-electron chi connectivity index (χ4n) is 2.75. The van der Waals surface area contributed by atoms with Gasteiger partial charge in [0.15, 0.2) is 0 Å². The molecule has 3 aromatic rings. The molecule has 2 aromatic carbocycles. The van der Waals surface area contributed by atoms with Crippen LogP contribution in [0.1, 0.15) is 5.56 Å². The summed E-state index contributed by atoms with van der Waals surface area (Å²) in [6.07, 6.45) is 1.56. The summed E-state index contributed by atoms with van der Waals surface area (Å²) in [6.45, 7) is 2.58. The van der Waals surface area contributed by atoms with E-state index in [2.05, 4.69) is 30.8 Å². The minimum absolute atomic E-state index is 0.279. The lowest BCUT2D eigenvalue weighted by Crippen LogP contribution is -2.37. The number of hydrazone groups is 1. The largest absolute Gasteiger partial charge is 0.378 e. The van der Waals surface area contributed by atoms with E-state index in [0.717, 1.165) is 11.3 Å². The molecular formula is C20H19ClFN7O. The van der Waals surface area contributed by atoms with Crippen LogP contribution in [-0.4, -0.2) is 47.5 Å². The van der Waals surface area contributed by atoms with Crippen LogP contribution >= 0.6 is 11.6 Å². The lowest BCUT2D eigenvalue weighted by molar-refractivity contribution is 0.122. The minimum atomic E-state index is -0.300. The molecule has 2 heterocycles. The lowest BCUT2D eigenvalue weighted by atomic mass is 10.2. The number of rotatable bonds is 6. The zero-order valence-electron chi connectivity index (χ0n) is 15.9. The number of nitrogens with zero attached hydrogens (tertiary/aromatic N) is 5. The van der Waals surface area contributed by atoms with Gasteiger partial charge in [-0.1, -0.05) is 23.7 Å². The van der Waals surface area contributed by atoms with Crippen LogP contribution in [0.3, 0.4) is 0 Å². The number of hydrogen-bond acceptors (Lipinski definition) is 8. The number of ether oxygens (including phenoxy) is 1. The summed E-state index contributed by atoms with van der Waals surface area (Å²) in [6, 6.07) is 13.2. The highest BCUT2D eigenvalue weighted by Crippen LogP contribution is 2.20. The summed E-state index contributed by atoms with van der Waals surface area (Å²) >= 11 is 5.95. The van der Waals surface area contributed by atoms with Gasteiger partial charge in [0.2, 0.25) is 17.8 Å². The second-order valence-electron chi connectivity index (χ2n) is 6.44. The minimum Gasteiger partial charge on any atom is -0.378 e. The number of anilines is 4. The zero-order valence-corrected chi connectivity index (χ0v) is 16.7. The average molecular weight is 428 g/mol. The lowest BCUT2D eigenvalue weighted by Gasteiger charge is -2.27. The van der Waals surface area contributed by atoms with Gasteiger partial charge in [-0.3, -0.25) is 0 Å². The summed E-state index contributed by atoms with van der Waals surface area (Å²) in [5.74, 6) is 0.865. The second-order valence-corrected chi connectivity index (χ2v) is 6.87. The van der Waals surface area contributed by atoms with E-state index in [9.17, 15) is 4.39 Å². The molecule has 2 N–H and O–H groups in total. The molecule has 0 saturated carbocycles. The van der Waals surface area contributed by atoms with Crippen LogP contribution in [0, 0.1) is 5.82 Å². The maximum Gasteiger partial charge on any atom is 0.250 e. The first-order valence-electron chi connectivity index (χ1n) is 9.32. The van der Waals surface area contributed by atoms with Gasteiger partial charge in [-0.2, -0.15) is 20.1 Å². The fraction of sp³-hybridized carbons (Fsp3) is 0.200. The highest BCUT2D eigenvalue weighted by molar-refractivity contribution is 6.30. The first-order valence-corrected chi connectivity index (χ1v) is 9.69. The van der Waals surface area contributed by atoms with Gasteiger partial charge in [0.25, 0.3) is 0 Å². The van der Waals surface area contributed by atoms with Crippen molar-refractivity contribution in [1.29, 1.82) is 0 Å². The number of nitrogens with one attached hydrogen (secondary N) is 2. The number of morpholine rings is 1. The van der Waals surface area contributed by atoms with Gasteiger partial charge < -0.3 is 15.0 Å². The fourth-order valence-corrected chi connectivity index (χ4v) is 2.88. The van der Waals surface area contributed by atoms with Crippen molar-refractivity contribution in [1.82, 2.24) is 15.0 Å². The summed E-state index contributed by atoms with van der Waals surface area (Å²) in [5, 5.41) is 7.94. The van der Waals surface area contributed by atoms with Crippen molar-refractivity contribution >= 4 is 41.3 Å². The smallest absolute Gasteiger partial charge is 0.250 e. The van der Waals surface area contributed by atoms with Gasteiger partial charge in [-0.05, 0) is 42.0 Å². The van der Waals surface area contributed by atoms with Crippen LogP contribution in [0.15, 0.2) is 53.6 Å². The SMILES string of the molecule is Fc1ccc(C=NNc2nc(Nc3ccc(Cl)cc3)nc(N3CCOCC3)n2)cc1. The molecule has 30 heavy (non-hydrogen) atoms. The van der Waals surface area contributed by atoms with Crippen LogP contribution < -0.4 is 15.6 Å². The van der Waals surface area contributed by atoms with E-state index in [1.807, 2.05) is 17.0 Å². The third-order valence-corrected chi connectivity index (χ3v) is 4.52. The Morgan fingerprint density at radius 3 is 2.40 bits per heavy atom. The van der Waals surface area contributed by atoms with E-state index in [0.29, 0.717) is 43.2 Å². The molecule has 4 rings (SSSR count). The van der Waals surface area contributed by atoms with Crippen LogP contribution in [-0.2, 0) is 4.74 Å². The topological polar surface area (TPSA) is 87.6 Å². The van der Waals surface area contributed by atoms with Crippen molar-refractivity contribution in [3.8, 4) is 0 Å². The van der Waals surface area contributed by atoms with E-state index >= 15 is 0 Å². The third-order valence-electron chi connectivity index (χ3n) is 4.27. The van der Waals surface area contributed by atoms with Crippen molar-refractivity contribution in [2.24, 2.45) is 5.10 Å². The highest BCUT2D eigenvalue weighted by Gasteiger charge is 2.16. The summed E-state index contributed by atoms with van der Waals surface area (Å²) < 4.78 is 18.4. The van der Waals surface area contributed by atoms with Crippen molar-refractivity contribution in [3.05, 3.63) is 64.9 Å². The molecule has 0 radical (unpaired) electrons. The molecule has 1 fully saturated rings. The maximum absolute atomic E-state index is 13.0. The van der Waals surface area contributed by atoms with Gasteiger partial charge in [-0.25, -0.2) is 9.82 Å². The molecule has 1 saturated heterocycles. The third kappa shape index (κ3) is 5.40.